The molecule has 226 valence electrons. The number of benzene rings is 3. The third-order valence-electron chi connectivity index (χ3n) is 6.65. The average molecular weight is 612 g/mol. The van der Waals surface area contributed by atoms with E-state index in [0.29, 0.717) is 24.6 Å². The fourth-order valence-corrected chi connectivity index (χ4v) is 6.14. The van der Waals surface area contributed by atoms with Crippen LogP contribution < -0.4 is 14.4 Å². The van der Waals surface area contributed by atoms with E-state index in [0.717, 1.165) is 20.3 Å². The maximum Gasteiger partial charge on any atom is 0.264 e. The highest BCUT2D eigenvalue weighted by Gasteiger charge is 2.32. The number of nitrogens with one attached hydrogen (secondary N) is 1. The summed E-state index contributed by atoms with van der Waals surface area (Å²) in [5.74, 6) is 0.0281. The van der Waals surface area contributed by atoms with E-state index in [9.17, 15) is 18.0 Å². The van der Waals surface area contributed by atoms with Crippen LogP contribution in [0.3, 0.4) is 0 Å². The minimum absolute atomic E-state index is 0.0648. The number of hydrogen-bond donors (Lipinski definition) is 1. The molecular weight excluding hydrogens is 571 g/mol. The van der Waals surface area contributed by atoms with E-state index in [1.165, 1.54) is 16.7 Å². The number of amides is 2. The normalized spacial score (nSPS) is 12.1. The first kappa shape index (κ1) is 33.0. The van der Waals surface area contributed by atoms with Gasteiger partial charge in [0.15, 0.2) is 0 Å². The van der Waals surface area contributed by atoms with Crippen molar-refractivity contribution in [1.29, 1.82) is 0 Å². The highest BCUT2D eigenvalue weighted by molar-refractivity contribution is 7.98. The van der Waals surface area contributed by atoms with Crippen LogP contribution >= 0.6 is 11.8 Å². The number of ether oxygens (including phenoxy) is 1. The van der Waals surface area contributed by atoms with Crippen molar-refractivity contribution in [3.05, 3.63) is 83.9 Å². The molecule has 1 unspecified atom stereocenters. The van der Waals surface area contributed by atoms with Crippen molar-refractivity contribution in [2.75, 3.05) is 30.3 Å². The zero-order valence-electron chi connectivity index (χ0n) is 25.2. The number of aryl methyl sites for hydroxylation is 1. The Morgan fingerprint density at radius 2 is 1.64 bits per heavy atom. The van der Waals surface area contributed by atoms with Gasteiger partial charge in [-0.1, -0.05) is 43.7 Å². The third-order valence-corrected chi connectivity index (χ3v) is 9.18. The highest BCUT2D eigenvalue weighted by Crippen LogP contribution is 2.28. The molecule has 3 aromatic carbocycles. The Bertz CT molecular complexity index is 1440. The molecule has 0 spiro atoms. The van der Waals surface area contributed by atoms with Crippen LogP contribution in [-0.2, 0) is 26.2 Å². The summed E-state index contributed by atoms with van der Waals surface area (Å²) >= 11 is 1.51. The number of carbonyl (C=O) groups excluding carboxylic acids is 2. The Hall–Kier alpha value is -3.50. The van der Waals surface area contributed by atoms with Gasteiger partial charge in [0.1, 0.15) is 18.3 Å². The molecule has 3 rings (SSSR count). The molecule has 1 atom stereocenters. The smallest absolute Gasteiger partial charge is 0.264 e. The summed E-state index contributed by atoms with van der Waals surface area (Å²) in [6, 6.07) is 20.0. The van der Waals surface area contributed by atoms with Crippen LogP contribution in [0.1, 0.15) is 38.8 Å². The number of sulfonamides is 1. The van der Waals surface area contributed by atoms with Crippen LogP contribution in [0.4, 0.5) is 5.69 Å². The highest BCUT2D eigenvalue weighted by atomic mass is 32.2. The van der Waals surface area contributed by atoms with Crippen LogP contribution in [0.5, 0.6) is 5.75 Å². The molecule has 0 radical (unpaired) electrons. The standard InChI is InChI=1S/C32H41N3O5S2/c1-7-40-28-13-11-27(12-14-28)35(42(38,39)30-17-15-29(41-6)16-18-30)22-31(36)34(21-26-10-8-9-24(4)19-26)25(5)32(37)33-20-23(2)3/h8-19,23,25H,7,20-22H2,1-6H3,(H,33,37). The molecule has 42 heavy (non-hydrogen) atoms. The Morgan fingerprint density at radius 3 is 2.21 bits per heavy atom. The van der Waals surface area contributed by atoms with Crippen molar-refractivity contribution in [3.63, 3.8) is 0 Å². The van der Waals surface area contributed by atoms with E-state index >= 15 is 0 Å². The van der Waals surface area contributed by atoms with E-state index < -0.39 is 28.5 Å². The molecule has 2 amide bonds. The second-order valence-electron chi connectivity index (χ2n) is 10.4. The van der Waals surface area contributed by atoms with Gasteiger partial charge in [-0.25, -0.2) is 8.42 Å². The summed E-state index contributed by atoms with van der Waals surface area (Å²) in [5, 5.41) is 2.90. The molecule has 0 aliphatic rings. The Kier molecular flexibility index (Phi) is 11.9. The molecule has 3 aromatic rings. The van der Waals surface area contributed by atoms with Gasteiger partial charge in [0, 0.05) is 18.0 Å². The molecule has 8 nitrogen and oxygen atoms in total. The van der Waals surface area contributed by atoms with Gasteiger partial charge in [0.25, 0.3) is 10.0 Å². The van der Waals surface area contributed by atoms with E-state index in [1.54, 1.807) is 55.5 Å². The van der Waals surface area contributed by atoms with Crippen molar-refractivity contribution < 1.29 is 22.7 Å². The predicted octanol–water partition coefficient (Wildman–Crippen LogP) is 5.50. The third kappa shape index (κ3) is 8.75. The number of hydrogen-bond acceptors (Lipinski definition) is 6. The van der Waals surface area contributed by atoms with E-state index in [4.69, 9.17) is 4.74 Å². The van der Waals surface area contributed by atoms with Crippen LogP contribution in [0.15, 0.2) is 82.6 Å². The largest absolute Gasteiger partial charge is 0.494 e. The predicted molar refractivity (Wildman–Crippen MR) is 169 cm³/mol. The molecule has 0 heterocycles. The summed E-state index contributed by atoms with van der Waals surface area (Å²) in [6.07, 6.45) is 1.91. The van der Waals surface area contributed by atoms with Crippen molar-refractivity contribution >= 4 is 39.3 Å². The number of anilines is 1. The van der Waals surface area contributed by atoms with E-state index in [1.807, 2.05) is 58.2 Å². The SMILES string of the molecule is CCOc1ccc(N(CC(=O)N(Cc2cccc(C)c2)C(C)C(=O)NCC(C)C)S(=O)(=O)c2ccc(SC)cc2)cc1. The van der Waals surface area contributed by atoms with E-state index in [2.05, 4.69) is 5.32 Å². The molecule has 0 aliphatic carbocycles. The second kappa shape index (κ2) is 15.1. The Labute approximate surface area is 254 Å². The lowest BCUT2D eigenvalue weighted by atomic mass is 10.1. The lowest BCUT2D eigenvalue weighted by Crippen LogP contribution is -2.51. The van der Waals surface area contributed by atoms with Crippen LogP contribution in [0.2, 0.25) is 0 Å². The lowest BCUT2D eigenvalue weighted by molar-refractivity contribution is -0.139. The van der Waals surface area contributed by atoms with Crippen molar-refractivity contribution in [2.45, 2.75) is 57.0 Å². The monoisotopic (exact) mass is 611 g/mol. The summed E-state index contributed by atoms with van der Waals surface area (Å²) in [7, 11) is -4.14. The van der Waals surface area contributed by atoms with Gasteiger partial charge in [-0.05, 0) is 87.0 Å². The van der Waals surface area contributed by atoms with Gasteiger partial charge in [0.2, 0.25) is 11.8 Å². The maximum atomic E-state index is 14.1. The summed E-state index contributed by atoms with van der Waals surface area (Å²) < 4.78 is 34.7. The number of thioether (sulfide) groups is 1. The molecule has 0 aromatic heterocycles. The first-order valence-corrected chi connectivity index (χ1v) is 16.6. The molecule has 0 saturated carbocycles. The Morgan fingerprint density at radius 1 is 0.976 bits per heavy atom. The van der Waals surface area contributed by atoms with Gasteiger partial charge in [-0.3, -0.25) is 13.9 Å². The minimum Gasteiger partial charge on any atom is -0.494 e. The summed E-state index contributed by atoms with van der Waals surface area (Å²) in [5.41, 5.74) is 2.17. The molecule has 10 heteroatoms. The molecule has 0 saturated heterocycles. The zero-order valence-corrected chi connectivity index (χ0v) is 26.8. The number of carbonyl (C=O) groups is 2. The quantitative estimate of drug-likeness (QED) is 0.242. The fourth-order valence-electron chi connectivity index (χ4n) is 4.32. The van der Waals surface area contributed by atoms with Crippen molar-refractivity contribution in [2.24, 2.45) is 5.92 Å². The zero-order chi connectivity index (χ0) is 30.9. The van der Waals surface area contributed by atoms with Crippen LogP contribution in [-0.4, -0.2) is 57.1 Å². The topological polar surface area (TPSA) is 96.0 Å². The number of nitrogens with zero attached hydrogens (tertiary/aromatic N) is 2. The fraction of sp³-hybridized carbons (Fsp3) is 0.375. The average Bonchev–Trinajstić information content (AvgIpc) is 2.97. The maximum absolute atomic E-state index is 14.1. The van der Waals surface area contributed by atoms with Gasteiger partial charge in [-0.2, -0.15) is 0 Å². The van der Waals surface area contributed by atoms with Crippen LogP contribution in [0, 0.1) is 12.8 Å². The van der Waals surface area contributed by atoms with Gasteiger partial charge in [0.05, 0.1) is 17.2 Å². The number of rotatable bonds is 14. The first-order valence-electron chi connectivity index (χ1n) is 14.0. The van der Waals surface area contributed by atoms with Crippen LogP contribution in [0.25, 0.3) is 0 Å². The molecule has 0 bridgehead atoms. The molecular formula is C32H41N3O5S2. The van der Waals surface area contributed by atoms with E-state index in [-0.39, 0.29) is 23.3 Å². The molecule has 1 N–H and O–H groups in total. The first-order chi connectivity index (χ1) is 20.0. The minimum atomic E-state index is -4.14. The van der Waals surface area contributed by atoms with Gasteiger partial charge < -0.3 is 15.0 Å². The van der Waals surface area contributed by atoms with Crippen molar-refractivity contribution in [1.82, 2.24) is 10.2 Å². The van der Waals surface area contributed by atoms with Gasteiger partial charge >= 0.3 is 0 Å². The Balaban J connectivity index is 2.02. The molecule has 0 aliphatic heterocycles. The van der Waals surface area contributed by atoms with Gasteiger partial charge in [-0.15, -0.1) is 11.8 Å². The summed E-state index contributed by atoms with van der Waals surface area (Å²) in [6.45, 7) is 10.1. The molecule has 0 fully saturated rings. The van der Waals surface area contributed by atoms with Crippen molar-refractivity contribution in [3.8, 4) is 5.75 Å². The summed E-state index contributed by atoms with van der Waals surface area (Å²) in [4.78, 5) is 29.6. The lowest BCUT2D eigenvalue weighted by Gasteiger charge is -2.32. The second-order valence-corrected chi connectivity index (χ2v) is 13.2.